The number of rotatable bonds is 21. The van der Waals surface area contributed by atoms with E-state index in [1.54, 1.807) is 0 Å². The molecule has 0 fully saturated rings. The van der Waals surface area contributed by atoms with Gasteiger partial charge in [0.25, 0.3) is 5.91 Å². The van der Waals surface area contributed by atoms with E-state index in [9.17, 15) is 14.7 Å². The van der Waals surface area contributed by atoms with E-state index in [1.165, 1.54) is 109 Å². The maximum Gasteiger partial charge on any atom is 0.252 e. The van der Waals surface area contributed by atoms with Crippen LogP contribution in [0.3, 0.4) is 0 Å². The van der Waals surface area contributed by atoms with Crippen molar-refractivity contribution in [3.05, 3.63) is 23.3 Å². The molecule has 0 radical (unpaired) electrons. The van der Waals surface area contributed by atoms with E-state index >= 15 is 0 Å². The molecule has 6 nitrogen and oxygen atoms in total. The maximum absolute atomic E-state index is 12.6. The molecule has 0 spiro atoms. The summed E-state index contributed by atoms with van der Waals surface area (Å²) in [6.07, 6.45) is 20.6. The Hall–Kier alpha value is -2.50. The number of Topliss-reactive ketones (excluding diaryl/α,β-unsaturated/α-hetero) is 1. The van der Waals surface area contributed by atoms with Crippen LogP contribution in [0.5, 0.6) is 17.2 Å². The molecule has 6 heteroatoms. The number of benzene rings is 1. The smallest absolute Gasteiger partial charge is 0.252 e. The van der Waals surface area contributed by atoms with Gasteiger partial charge < -0.3 is 20.3 Å². The number of unbranched alkanes of at least 4 members (excludes halogenated alkanes) is 14. The first-order valence-electron chi connectivity index (χ1n) is 13.4. The van der Waals surface area contributed by atoms with Crippen LogP contribution >= 0.6 is 0 Å². The van der Waals surface area contributed by atoms with E-state index in [0.717, 1.165) is 19.3 Å². The number of hydrogen-bond acceptors (Lipinski definition) is 5. The molecule has 198 valence electrons. The summed E-state index contributed by atoms with van der Waals surface area (Å²) in [5.74, 6) is -0.791. The molecule has 0 saturated heterocycles. The Balaban J connectivity index is 2.29. The van der Waals surface area contributed by atoms with Crippen molar-refractivity contribution in [3.63, 3.8) is 0 Å². The average molecular weight is 490 g/mol. The van der Waals surface area contributed by atoms with Gasteiger partial charge in [0.15, 0.2) is 17.3 Å². The lowest BCUT2D eigenvalue weighted by atomic mass is 10.00. The number of amides is 1. The number of carbonyl (C=O) groups excluding carboxylic acids is 2. The monoisotopic (exact) mass is 489 g/mol. The summed E-state index contributed by atoms with van der Waals surface area (Å²) in [5, 5.41) is 10.0. The summed E-state index contributed by atoms with van der Waals surface area (Å²) < 4.78 is 10.3. The number of hydrogen-bond donors (Lipinski definition) is 2. The minimum absolute atomic E-state index is 0.0508. The number of primary amides is 1. The average Bonchev–Trinajstić information content (AvgIpc) is 2.85. The summed E-state index contributed by atoms with van der Waals surface area (Å²) in [4.78, 5) is 24.5. The van der Waals surface area contributed by atoms with E-state index in [4.69, 9.17) is 15.2 Å². The molecule has 0 aliphatic carbocycles. The van der Waals surface area contributed by atoms with Gasteiger partial charge in [0.2, 0.25) is 5.75 Å². The zero-order valence-electron chi connectivity index (χ0n) is 22.2. The van der Waals surface area contributed by atoms with Crippen molar-refractivity contribution in [3.8, 4) is 17.2 Å². The standard InChI is InChI=1S/C29H47NO5/c1-4-5-6-7-8-9-10-11-12-13-14-15-16-17-18-19-25(31)24(29(30)33)20-23-21-26(34-2)28(32)27(22-23)35-3/h20-22,32H,4-19H2,1-3H3,(H2,30,33)/b24-20+. The van der Waals surface area contributed by atoms with Crippen LogP contribution in [-0.4, -0.2) is 31.0 Å². The highest BCUT2D eigenvalue weighted by molar-refractivity contribution is 6.22. The molecular formula is C29H47NO5. The molecule has 1 amide bonds. The lowest BCUT2D eigenvalue weighted by molar-refractivity contribution is -0.120. The molecule has 1 aromatic carbocycles. The van der Waals surface area contributed by atoms with E-state index in [2.05, 4.69) is 6.92 Å². The van der Waals surface area contributed by atoms with E-state index in [0.29, 0.717) is 12.0 Å². The first-order valence-corrected chi connectivity index (χ1v) is 13.4. The zero-order chi connectivity index (χ0) is 25.9. The van der Waals surface area contributed by atoms with Crippen LogP contribution in [0.1, 0.15) is 115 Å². The third kappa shape index (κ3) is 12.7. The van der Waals surface area contributed by atoms with E-state index < -0.39 is 5.91 Å². The van der Waals surface area contributed by atoms with Crippen molar-refractivity contribution < 1.29 is 24.2 Å². The van der Waals surface area contributed by atoms with Crippen LogP contribution in [0.15, 0.2) is 17.7 Å². The predicted molar refractivity (Wildman–Crippen MR) is 143 cm³/mol. The fourth-order valence-electron chi connectivity index (χ4n) is 4.24. The van der Waals surface area contributed by atoms with Crippen molar-refractivity contribution in [2.24, 2.45) is 5.73 Å². The summed E-state index contributed by atoms with van der Waals surface area (Å²) in [5.41, 5.74) is 5.92. The van der Waals surface area contributed by atoms with Crippen molar-refractivity contribution in [2.75, 3.05) is 14.2 Å². The molecule has 0 atom stereocenters. The summed E-state index contributed by atoms with van der Waals surface area (Å²) in [6.45, 7) is 2.26. The molecule has 3 N–H and O–H groups in total. The lowest BCUT2D eigenvalue weighted by Crippen LogP contribution is -2.20. The van der Waals surface area contributed by atoms with Gasteiger partial charge in [-0.05, 0) is 30.2 Å². The van der Waals surface area contributed by atoms with Gasteiger partial charge in [0.05, 0.1) is 19.8 Å². The van der Waals surface area contributed by atoms with Crippen molar-refractivity contribution >= 4 is 17.8 Å². The van der Waals surface area contributed by atoms with Gasteiger partial charge in [0.1, 0.15) is 0 Å². The number of phenolic OH excluding ortho intramolecular Hbond substituents is 1. The third-order valence-electron chi connectivity index (χ3n) is 6.39. The quantitative estimate of drug-likeness (QED) is 0.0829. The Morgan fingerprint density at radius 3 is 1.54 bits per heavy atom. The van der Waals surface area contributed by atoms with Gasteiger partial charge in [-0.25, -0.2) is 0 Å². The van der Waals surface area contributed by atoms with Gasteiger partial charge in [-0.3, -0.25) is 9.59 Å². The first-order chi connectivity index (χ1) is 16.9. The summed E-state index contributed by atoms with van der Waals surface area (Å²) >= 11 is 0. The second-order valence-corrected chi connectivity index (χ2v) is 9.32. The van der Waals surface area contributed by atoms with Crippen molar-refractivity contribution in [1.29, 1.82) is 0 Å². The number of ether oxygens (including phenoxy) is 2. The van der Waals surface area contributed by atoms with Crippen molar-refractivity contribution in [2.45, 2.75) is 110 Å². The molecule has 1 aromatic rings. The molecule has 35 heavy (non-hydrogen) atoms. The van der Waals surface area contributed by atoms with Crippen LogP contribution in [0.4, 0.5) is 0 Å². The molecule has 0 saturated carbocycles. The number of nitrogens with two attached hydrogens (primary N) is 1. The van der Waals surface area contributed by atoms with E-state index in [-0.39, 0.29) is 28.6 Å². The Kier molecular flexibility index (Phi) is 16.4. The minimum atomic E-state index is -0.762. The van der Waals surface area contributed by atoms with Crippen LogP contribution in [0, 0.1) is 0 Å². The zero-order valence-corrected chi connectivity index (χ0v) is 22.2. The number of aromatic hydroxyl groups is 1. The Labute approximate surface area is 212 Å². The normalized spacial score (nSPS) is 11.5. The van der Waals surface area contributed by atoms with Gasteiger partial charge in [0, 0.05) is 6.42 Å². The van der Waals surface area contributed by atoms with Crippen LogP contribution < -0.4 is 15.2 Å². The highest BCUT2D eigenvalue weighted by Crippen LogP contribution is 2.37. The van der Waals surface area contributed by atoms with Gasteiger partial charge in [-0.1, -0.05) is 96.8 Å². The predicted octanol–water partition coefficient (Wildman–Crippen LogP) is 7.11. The van der Waals surface area contributed by atoms with Crippen LogP contribution in [0.25, 0.3) is 6.08 Å². The van der Waals surface area contributed by atoms with Crippen LogP contribution in [-0.2, 0) is 9.59 Å². The summed E-state index contributed by atoms with van der Waals surface area (Å²) in [6, 6.07) is 3.06. The van der Waals surface area contributed by atoms with Crippen molar-refractivity contribution in [1.82, 2.24) is 0 Å². The SMILES string of the molecule is CCCCCCCCCCCCCCCCCC(=O)/C(=C\c1cc(OC)c(O)c(OC)c1)C(N)=O. The Morgan fingerprint density at radius 1 is 0.771 bits per heavy atom. The molecule has 0 aliphatic rings. The Bertz CT molecular complexity index is 762. The van der Waals surface area contributed by atoms with Gasteiger partial charge in [-0.15, -0.1) is 0 Å². The molecule has 0 aliphatic heterocycles. The fraction of sp³-hybridized carbons (Fsp3) is 0.655. The molecule has 0 heterocycles. The maximum atomic E-state index is 12.6. The summed E-state index contributed by atoms with van der Waals surface area (Å²) in [7, 11) is 2.83. The highest BCUT2D eigenvalue weighted by atomic mass is 16.5. The topological polar surface area (TPSA) is 98.8 Å². The number of methoxy groups -OCH3 is 2. The first kappa shape index (κ1) is 30.5. The number of ketones is 1. The molecular weight excluding hydrogens is 442 g/mol. The second kappa shape index (κ2) is 18.8. The Morgan fingerprint density at radius 2 is 1.17 bits per heavy atom. The molecule has 0 bridgehead atoms. The minimum Gasteiger partial charge on any atom is -0.502 e. The number of carbonyl (C=O) groups is 2. The lowest BCUT2D eigenvalue weighted by Gasteiger charge is -2.10. The molecule has 1 rings (SSSR count). The molecule has 0 unspecified atom stereocenters. The van der Waals surface area contributed by atoms with Crippen LogP contribution in [0.2, 0.25) is 0 Å². The number of phenols is 1. The second-order valence-electron chi connectivity index (χ2n) is 9.32. The highest BCUT2D eigenvalue weighted by Gasteiger charge is 2.17. The molecule has 0 aromatic heterocycles. The van der Waals surface area contributed by atoms with E-state index in [1.807, 2.05) is 0 Å². The largest absolute Gasteiger partial charge is 0.502 e. The fourth-order valence-corrected chi connectivity index (χ4v) is 4.24. The van der Waals surface area contributed by atoms with Gasteiger partial charge >= 0.3 is 0 Å². The third-order valence-corrected chi connectivity index (χ3v) is 6.39. The van der Waals surface area contributed by atoms with Gasteiger partial charge in [-0.2, -0.15) is 0 Å².